The first-order valence-corrected chi connectivity index (χ1v) is 9.23. The maximum Gasteiger partial charge on any atom is 0.223 e. The molecule has 0 bridgehead atoms. The number of nitrogens with zero attached hydrogens (tertiary/aromatic N) is 2. The van der Waals surface area contributed by atoms with Gasteiger partial charge in [-0.25, -0.2) is 4.98 Å². The zero-order valence-electron chi connectivity index (χ0n) is 14.6. The summed E-state index contributed by atoms with van der Waals surface area (Å²) in [6.07, 6.45) is 6.25. The summed E-state index contributed by atoms with van der Waals surface area (Å²) in [6, 6.07) is 8.13. The van der Waals surface area contributed by atoms with Gasteiger partial charge in [0.05, 0.1) is 7.11 Å². The van der Waals surface area contributed by atoms with Crippen LogP contribution in [0.1, 0.15) is 30.2 Å². The normalized spacial score (nSPS) is 15.0. The minimum absolute atomic E-state index is 0.0787. The third kappa shape index (κ3) is 4.90. The van der Waals surface area contributed by atoms with Crippen LogP contribution in [0, 0.1) is 0 Å². The monoisotopic (exact) mass is 357 g/mol. The molecule has 1 aliphatic rings. The van der Waals surface area contributed by atoms with E-state index in [1.54, 1.807) is 18.4 Å². The number of benzene rings is 1. The van der Waals surface area contributed by atoms with Crippen molar-refractivity contribution in [3.8, 4) is 5.75 Å². The summed E-state index contributed by atoms with van der Waals surface area (Å²) in [6.45, 7) is 4.46. The smallest absolute Gasteiger partial charge is 0.223 e. The molecule has 25 heavy (non-hydrogen) atoms. The molecule has 2 aromatic rings. The van der Waals surface area contributed by atoms with E-state index in [-0.39, 0.29) is 5.91 Å². The Kier molecular flexibility index (Phi) is 5.83. The fourth-order valence-electron chi connectivity index (χ4n) is 2.96. The van der Waals surface area contributed by atoms with Crippen LogP contribution in [0.2, 0.25) is 0 Å². The van der Waals surface area contributed by atoms with Gasteiger partial charge in [-0.3, -0.25) is 9.69 Å². The van der Waals surface area contributed by atoms with Gasteiger partial charge in [0.2, 0.25) is 5.91 Å². The summed E-state index contributed by atoms with van der Waals surface area (Å²) in [5.41, 5.74) is 2.61. The molecule has 0 spiro atoms. The zero-order valence-corrected chi connectivity index (χ0v) is 15.4. The molecule has 1 aromatic carbocycles. The van der Waals surface area contributed by atoms with Crippen molar-refractivity contribution < 1.29 is 9.53 Å². The second kappa shape index (κ2) is 8.27. The lowest BCUT2D eigenvalue weighted by Gasteiger charge is -2.27. The van der Waals surface area contributed by atoms with Crippen molar-refractivity contribution in [3.63, 3.8) is 0 Å². The number of anilines is 1. The molecule has 0 radical (unpaired) electrons. The molecule has 3 rings (SSSR count). The molecule has 1 saturated heterocycles. The van der Waals surface area contributed by atoms with Crippen LogP contribution in [-0.4, -0.2) is 36.0 Å². The SMILES string of the molecule is COc1ccccc1C=C1CCN(Cc2cnc(NC(C)=O)s2)CC1. The lowest BCUT2D eigenvalue weighted by molar-refractivity contribution is -0.114. The van der Waals surface area contributed by atoms with Crippen molar-refractivity contribution in [2.45, 2.75) is 26.3 Å². The van der Waals surface area contributed by atoms with Gasteiger partial charge >= 0.3 is 0 Å². The number of hydrogen-bond donors (Lipinski definition) is 1. The maximum absolute atomic E-state index is 11.1. The van der Waals surface area contributed by atoms with Crippen LogP contribution in [0.15, 0.2) is 36.0 Å². The van der Waals surface area contributed by atoms with Crippen LogP contribution in [0.25, 0.3) is 6.08 Å². The van der Waals surface area contributed by atoms with Crippen molar-refractivity contribution in [2.75, 3.05) is 25.5 Å². The van der Waals surface area contributed by atoms with E-state index in [9.17, 15) is 4.79 Å². The Morgan fingerprint density at radius 3 is 2.84 bits per heavy atom. The summed E-state index contributed by atoms with van der Waals surface area (Å²) in [7, 11) is 1.71. The highest BCUT2D eigenvalue weighted by Crippen LogP contribution is 2.26. The molecule has 6 heteroatoms. The molecule has 1 N–H and O–H groups in total. The van der Waals surface area contributed by atoms with Gasteiger partial charge in [0.1, 0.15) is 5.75 Å². The number of ether oxygens (including phenoxy) is 1. The molecule has 0 unspecified atom stereocenters. The Bertz CT molecular complexity index is 760. The summed E-state index contributed by atoms with van der Waals surface area (Å²) < 4.78 is 5.43. The van der Waals surface area contributed by atoms with Gasteiger partial charge in [-0.15, -0.1) is 11.3 Å². The van der Waals surface area contributed by atoms with E-state index >= 15 is 0 Å². The Morgan fingerprint density at radius 1 is 1.36 bits per heavy atom. The maximum atomic E-state index is 11.1. The van der Waals surface area contributed by atoms with Gasteiger partial charge in [0.25, 0.3) is 0 Å². The Labute approximate surface area is 152 Å². The molecule has 1 aliphatic heterocycles. The average Bonchev–Trinajstić information content (AvgIpc) is 3.03. The molecule has 2 heterocycles. The van der Waals surface area contributed by atoms with E-state index in [2.05, 4.69) is 27.3 Å². The van der Waals surface area contributed by atoms with Crippen molar-refractivity contribution >= 4 is 28.5 Å². The molecule has 0 saturated carbocycles. The van der Waals surface area contributed by atoms with Crippen molar-refractivity contribution in [3.05, 3.63) is 46.5 Å². The number of carbonyl (C=O) groups excluding carboxylic acids is 1. The van der Waals surface area contributed by atoms with Crippen LogP contribution in [0.5, 0.6) is 5.75 Å². The predicted octanol–water partition coefficient (Wildman–Crippen LogP) is 3.79. The van der Waals surface area contributed by atoms with Gasteiger partial charge in [0.15, 0.2) is 5.13 Å². The van der Waals surface area contributed by atoms with Crippen LogP contribution in [0.4, 0.5) is 5.13 Å². The number of nitrogens with one attached hydrogen (secondary N) is 1. The average molecular weight is 357 g/mol. The molecule has 1 aromatic heterocycles. The molecule has 5 nitrogen and oxygen atoms in total. The fourth-order valence-corrected chi connectivity index (χ4v) is 3.86. The molecule has 0 atom stereocenters. The lowest BCUT2D eigenvalue weighted by atomic mass is 10.0. The number of carbonyl (C=O) groups is 1. The van der Waals surface area contributed by atoms with Gasteiger partial charge in [-0.05, 0) is 18.9 Å². The van der Waals surface area contributed by atoms with Gasteiger partial charge in [-0.1, -0.05) is 29.8 Å². The predicted molar refractivity (Wildman–Crippen MR) is 102 cm³/mol. The van der Waals surface area contributed by atoms with Crippen LogP contribution in [-0.2, 0) is 11.3 Å². The molecular weight excluding hydrogens is 334 g/mol. The second-order valence-electron chi connectivity index (χ2n) is 6.13. The molecular formula is C19H23N3O2S. The van der Waals surface area contributed by atoms with Gasteiger partial charge in [0, 0.05) is 43.2 Å². The third-order valence-electron chi connectivity index (χ3n) is 4.21. The number of rotatable bonds is 5. The summed E-state index contributed by atoms with van der Waals surface area (Å²) in [5.74, 6) is 0.845. The Hall–Kier alpha value is -2.18. The molecule has 132 valence electrons. The first-order chi connectivity index (χ1) is 12.1. The third-order valence-corrected chi connectivity index (χ3v) is 5.11. The molecule has 1 fully saturated rings. The highest BCUT2D eigenvalue weighted by molar-refractivity contribution is 7.15. The number of likely N-dealkylation sites (tertiary alicyclic amines) is 1. The number of thiazole rings is 1. The van der Waals surface area contributed by atoms with E-state index in [1.807, 2.05) is 24.4 Å². The van der Waals surface area contributed by atoms with Gasteiger partial charge in [-0.2, -0.15) is 0 Å². The summed E-state index contributed by atoms with van der Waals surface area (Å²) in [4.78, 5) is 18.9. The highest BCUT2D eigenvalue weighted by atomic mass is 32.1. The number of para-hydroxylation sites is 1. The van der Waals surface area contributed by atoms with E-state index < -0.39 is 0 Å². The topological polar surface area (TPSA) is 54.5 Å². The number of hydrogen-bond acceptors (Lipinski definition) is 5. The van der Waals surface area contributed by atoms with Crippen LogP contribution < -0.4 is 10.1 Å². The standard InChI is InChI=1S/C19H23N3O2S/c1-14(23)21-19-20-12-17(25-19)13-22-9-7-15(8-10-22)11-16-5-3-4-6-18(16)24-2/h3-6,11-12H,7-10,13H2,1-2H3,(H,20,21,23). The van der Waals surface area contributed by atoms with Crippen LogP contribution >= 0.6 is 11.3 Å². The van der Waals surface area contributed by atoms with E-state index in [1.165, 1.54) is 17.4 Å². The molecule has 1 amide bonds. The first-order valence-electron chi connectivity index (χ1n) is 8.41. The molecule has 0 aliphatic carbocycles. The van der Waals surface area contributed by atoms with Crippen molar-refractivity contribution in [2.24, 2.45) is 0 Å². The Morgan fingerprint density at radius 2 is 2.12 bits per heavy atom. The minimum Gasteiger partial charge on any atom is -0.496 e. The van der Waals surface area contributed by atoms with E-state index in [0.717, 1.165) is 43.8 Å². The summed E-state index contributed by atoms with van der Waals surface area (Å²) >= 11 is 1.55. The van der Waals surface area contributed by atoms with Gasteiger partial charge < -0.3 is 10.1 Å². The minimum atomic E-state index is -0.0787. The van der Waals surface area contributed by atoms with Crippen molar-refractivity contribution in [1.29, 1.82) is 0 Å². The zero-order chi connectivity index (χ0) is 17.6. The van der Waals surface area contributed by atoms with E-state index in [0.29, 0.717) is 5.13 Å². The fraction of sp³-hybridized carbons (Fsp3) is 0.368. The van der Waals surface area contributed by atoms with Crippen molar-refractivity contribution in [1.82, 2.24) is 9.88 Å². The number of piperidine rings is 1. The largest absolute Gasteiger partial charge is 0.496 e. The number of methoxy groups -OCH3 is 1. The quantitative estimate of drug-likeness (QED) is 0.884. The highest BCUT2D eigenvalue weighted by Gasteiger charge is 2.16. The number of amides is 1. The van der Waals surface area contributed by atoms with Crippen LogP contribution in [0.3, 0.4) is 0 Å². The lowest BCUT2D eigenvalue weighted by Crippen LogP contribution is -2.29. The number of aromatic nitrogens is 1. The van der Waals surface area contributed by atoms with E-state index in [4.69, 9.17) is 4.74 Å². The second-order valence-corrected chi connectivity index (χ2v) is 7.25. The Balaban J connectivity index is 1.56. The first kappa shape index (κ1) is 17.6. The summed E-state index contributed by atoms with van der Waals surface area (Å²) in [5, 5.41) is 3.41.